The molecule has 0 aliphatic carbocycles. The van der Waals surface area contributed by atoms with E-state index in [4.69, 9.17) is 0 Å². The van der Waals surface area contributed by atoms with Crippen LogP contribution in [0.1, 0.15) is 12.0 Å². The van der Waals surface area contributed by atoms with Crippen LogP contribution in [-0.2, 0) is 9.59 Å². The van der Waals surface area contributed by atoms with Gasteiger partial charge in [-0.05, 0) is 29.8 Å². The third kappa shape index (κ3) is 5.09. The fourth-order valence-corrected chi connectivity index (χ4v) is 1.70. The van der Waals surface area contributed by atoms with E-state index in [1.807, 2.05) is 6.07 Å². The molecular weight excluding hydrogens is 282 g/mol. The van der Waals surface area contributed by atoms with Crippen LogP contribution in [-0.4, -0.2) is 23.1 Å². The number of hydrazone groups is 1. The molecule has 0 aliphatic heterocycles. The highest BCUT2D eigenvalue weighted by Crippen LogP contribution is 2.08. The molecule has 0 bridgehead atoms. The summed E-state index contributed by atoms with van der Waals surface area (Å²) in [5, 5.41) is 15.6. The first-order valence-corrected chi connectivity index (χ1v) is 6.59. The largest absolute Gasteiger partial charge is 0.508 e. The summed E-state index contributed by atoms with van der Waals surface area (Å²) < 4.78 is 0. The Morgan fingerprint density at radius 2 is 1.82 bits per heavy atom. The summed E-state index contributed by atoms with van der Waals surface area (Å²) in [6.07, 6.45) is 1.05. The number of hydrogen-bond acceptors (Lipinski definition) is 4. The molecule has 0 aromatic heterocycles. The van der Waals surface area contributed by atoms with E-state index in [-0.39, 0.29) is 12.2 Å². The minimum atomic E-state index is -0.523. The van der Waals surface area contributed by atoms with Crippen LogP contribution in [0.4, 0.5) is 5.69 Å². The Balaban J connectivity index is 1.79. The number of benzene rings is 2. The Morgan fingerprint density at radius 1 is 1.05 bits per heavy atom. The molecule has 2 aromatic carbocycles. The summed E-state index contributed by atoms with van der Waals surface area (Å²) in [5.74, 6) is -0.835. The molecule has 112 valence electrons. The van der Waals surface area contributed by atoms with Gasteiger partial charge in [-0.25, -0.2) is 5.43 Å². The third-order valence-corrected chi connectivity index (χ3v) is 2.65. The van der Waals surface area contributed by atoms with E-state index in [0.717, 1.165) is 0 Å². The molecule has 0 aliphatic rings. The molecule has 22 heavy (non-hydrogen) atoms. The third-order valence-electron chi connectivity index (χ3n) is 2.65. The van der Waals surface area contributed by atoms with Gasteiger partial charge in [0.2, 0.25) is 11.8 Å². The van der Waals surface area contributed by atoms with E-state index < -0.39 is 11.8 Å². The number of carbonyl (C=O) groups is 2. The van der Waals surface area contributed by atoms with E-state index in [1.54, 1.807) is 36.4 Å². The molecule has 6 nitrogen and oxygen atoms in total. The summed E-state index contributed by atoms with van der Waals surface area (Å²) in [6.45, 7) is 0. The molecule has 0 heterocycles. The predicted molar refractivity (Wildman–Crippen MR) is 83.5 cm³/mol. The molecule has 0 unspecified atom stereocenters. The van der Waals surface area contributed by atoms with Crippen LogP contribution in [0.5, 0.6) is 5.75 Å². The van der Waals surface area contributed by atoms with Crippen LogP contribution >= 0.6 is 0 Å². The zero-order valence-electron chi connectivity index (χ0n) is 11.7. The molecule has 2 amide bonds. The molecular formula is C16H15N3O3. The van der Waals surface area contributed by atoms with Gasteiger partial charge >= 0.3 is 0 Å². The number of amides is 2. The van der Waals surface area contributed by atoms with E-state index in [2.05, 4.69) is 15.8 Å². The van der Waals surface area contributed by atoms with Gasteiger partial charge in [-0.15, -0.1) is 0 Å². The van der Waals surface area contributed by atoms with Crippen LogP contribution in [0, 0.1) is 0 Å². The molecule has 2 aromatic rings. The summed E-state index contributed by atoms with van der Waals surface area (Å²) in [7, 11) is 0. The monoisotopic (exact) mass is 297 g/mol. The number of rotatable bonds is 5. The van der Waals surface area contributed by atoms with Gasteiger partial charge in [-0.3, -0.25) is 9.59 Å². The summed E-state index contributed by atoms with van der Waals surface area (Å²) in [4.78, 5) is 23.2. The van der Waals surface area contributed by atoms with Crippen molar-refractivity contribution in [3.05, 3.63) is 60.2 Å². The van der Waals surface area contributed by atoms with Crippen LogP contribution in [0.25, 0.3) is 0 Å². The Bertz CT molecular complexity index is 684. The molecule has 0 saturated carbocycles. The average molecular weight is 297 g/mol. The lowest BCUT2D eigenvalue weighted by atomic mass is 10.2. The van der Waals surface area contributed by atoms with Gasteiger partial charge in [-0.1, -0.05) is 30.3 Å². The van der Waals surface area contributed by atoms with E-state index in [0.29, 0.717) is 11.3 Å². The minimum absolute atomic E-state index is 0.109. The van der Waals surface area contributed by atoms with Crippen LogP contribution < -0.4 is 10.7 Å². The Labute approximate surface area is 127 Å². The fourth-order valence-electron chi connectivity index (χ4n) is 1.70. The molecule has 0 atom stereocenters. The minimum Gasteiger partial charge on any atom is -0.508 e. The van der Waals surface area contributed by atoms with Gasteiger partial charge in [0.15, 0.2) is 0 Å². The van der Waals surface area contributed by atoms with Crippen molar-refractivity contribution in [2.45, 2.75) is 6.42 Å². The lowest BCUT2D eigenvalue weighted by Gasteiger charge is -2.03. The summed E-state index contributed by atoms with van der Waals surface area (Å²) >= 11 is 0. The second-order valence-electron chi connectivity index (χ2n) is 4.48. The Hall–Kier alpha value is -3.15. The second kappa shape index (κ2) is 7.58. The number of phenolic OH excluding ortho intramolecular Hbond substituents is 1. The Kier molecular flexibility index (Phi) is 5.25. The fraction of sp³-hybridized carbons (Fsp3) is 0.0625. The first kappa shape index (κ1) is 15.2. The van der Waals surface area contributed by atoms with Gasteiger partial charge in [0.25, 0.3) is 0 Å². The maximum Gasteiger partial charge on any atom is 0.249 e. The van der Waals surface area contributed by atoms with E-state index >= 15 is 0 Å². The molecule has 0 radical (unpaired) electrons. The van der Waals surface area contributed by atoms with Crippen LogP contribution in [0.15, 0.2) is 59.7 Å². The highest BCUT2D eigenvalue weighted by Gasteiger charge is 2.08. The summed E-state index contributed by atoms with van der Waals surface area (Å²) in [6, 6.07) is 15.3. The van der Waals surface area contributed by atoms with Crippen LogP contribution in [0.3, 0.4) is 0 Å². The summed E-state index contributed by atoms with van der Waals surface area (Å²) in [5.41, 5.74) is 3.52. The van der Waals surface area contributed by atoms with Crippen molar-refractivity contribution >= 4 is 23.7 Å². The predicted octanol–water partition coefficient (Wildman–Crippen LogP) is 1.87. The number of phenols is 1. The first-order valence-electron chi connectivity index (χ1n) is 6.59. The highest BCUT2D eigenvalue weighted by atomic mass is 16.3. The number of carbonyl (C=O) groups excluding carboxylic acids is 2. The molecule has 0 spiro atoms. The maximum absolute atomic E-state index is 11.6. The van der Waals surface area contributed by atoms with Crippen molar-refractivity contribution in [1.29, 1.82) is 0 Å². The second-order valence-corrected chi connectivity index (χ2v) is 4.48. The van der Waals surface area contributed by atoms with Crippen molar-refractivity contribution in [1.82, 2.24) is 5.43 Å². The Morgan fingerprint density at radius 3 is 2.55 bits per heavy atom. The number of aromatic hydroxyl groups is 1. The quantitative estimate of drug-likeness (QED) is 0.447. The van der Waals surface area contributed by atoms with Gasteiger partial charge < -0.3 is 10.4 Å². The lowest BCUT2D eigenvalue weighted by molar-refractivity contribution is -0.126. The van der Waals surface area contributed by atoms with Crippen molar-refractivity contribution in [2.75, 3.05) is 5.32 Å². The standard InChI is InChI=1S/C16H15N3O3/c20-14-8-4-5-12(9-14)11-17-19-16(22)10-15(21)18-13-6-2-1-3-7-13/h1-9,11,20H,10H2,(H,18,21)(H,19,22). The molecule has 2 rings (SSSR count). The number of nitrogens with zero attached hydrogens (tertiary/aromatic N) is 1. The molecule has 0 fully saturated rings. The lowest BCUT2D eigenvalue weighted by Crippen LogP contribution is -2.24. The molecule has 3 N–H and O–H groups in total. The average Bonchev–Trinajstić information content (AvgIpc) is 2.48. The van der Waals surface area contributed by atoms with Crippen molar-refractivity contribution in [3.63, 3.8) is 0 Å². The van der Waals surface area contributed by atoms with Gasteiger partial charge in [0, 0.05) is 5.69 Å². The number of para-hydroxylation sites is 1. The normalized spacial score (nSPS) is 10.4. The topological polar surface area (TPSA) is 90.8 Å². The van der Waals surface area contributed by atoms with Gasteiger partial charge in [0.05, 0.1) is 6.21 Å². The number of nitrogens with one attached hydrogen (secondary N) is 2. The molecule has 0 saturated heterocycles. The maximum atomic E-state index is 11.6. The van der Waals surface area contributed by atoms with Crippen molar-refractivity contribution in [2.24, 2.45) is 5.10 Å². The van der Waals surface area contributed by atoms with Crippen molar-refractivity contribution in [3.8, 4) is 5.75 Å². The van der Waals surface area contributed by atoms with Crippen molar-refractivity contribution < 1.29 is 14.7 Å². The zero-order valence-corrected chi connectivity index (χ0v) is 11.7. The highest BCUT2D eigenvalue weighted by molar-refractivity contribution is 6.03. The van der Waals surface area contributed by atoms with Gasteiger partial charge in [-0.2, -0.15) is 5.10 Å². The smallest absolute Gasteiger partial charge is 0.249 e. The zero-order chi connectivity index (χ0) is 15.8. The molecule has 6 heteroatoms. The number of hydrogen-bond donors (Lipinski definition) is 3. The van der Waals surface area contributed by atoms with E-state index in [9.17, 15) is 14.7 Å². The van der Waals surface area contributed by atoms with Crippen LogP contribution in [0.2, 0.25) is 0 Å². The van der Waals surface area contributed by atoms with Gasteiger partial charge in [0.1, 0.15) is 12.2 Å². The van der Waals surface area contributed by atoms with E-state index in [1.165, 1.54) is 18.3 Å². The SMILES string of the molecule is O=C(CC(=O)Nc1ccccc1)NN=Cc1cccc(O)c1. The number of anilines is 1. The first-order chi connectivity index (χ1) is 10.6.